The van der Waals surface area contributed by atoms with Gasteiger partial charge < -0.3 is 5.73 Å². The van der Waals surface area contributed by atoms with Crippen molar-refractivity contribution in [2.75, 3.05) is 0 Å². The number of hydrogen-bond acceptors (Lipinski definition) is 1. The lowest BCUT2D eigenvalue weighted by Crippen LogP contribution is -2.15. The molecule has 0 fully saturated rings. The standard InChI is InChI=1S/C10H10F3NO/c11-3-6-1-2-7(10(14)15)9(5-13)8(6)4-12/h1-2H,3-5H2,(H2,14,15). The zero-order chi connectivity index (χ0) is 11.4. The lowest BCUT2D eigenvalue weighted by Gasteiger charge is -2.11. The Morgan fingerprint density at radius 2 is 1.67 bits per heavy atom. The van der Waals surface area contributed by atoms with E-state index in [1.54, 1.807) is 0 Å². The minimum atomic E-state index is -1.04. The minimum absolute atomic E-state index is 0.0511. The van der Waals surface area contributed by atoms with Crippen molar-refractivity contribution >= 4 is 5.91 Å². The van der Waals surface area contributed by atoms with Crippen LogP contribution in [0.1, 0.15) is 27.0 Å². The summed E-state index contributed by atoms with van der Waals surface area (Å²) in [6.07, 6.45) is 0. The summed E-state index contributed by atoms with van der Waals surface area (Å²) in [7, 11) is 0. The average molecular weight is 217 g/mol. The predicted octanol–water partition coefficient (Wildman–Crippen LogP) is 2.19. The van der Waals surface area contributed by atoms with Crippen molar-refractivity contribution in [1.29, 1.82) is 0 Å². The van der Waals surface area contributed by atoms with Gasteiger partial charge in [-0.15, -0.1) is 0 Å². The first-order valence-electron chi connectivity index (χ1n) is 4.27. The molecule has 2 N–H and O–H groups in total. The molecule has 1 aromatic rings. The molecule has 0 saturated heterocycles. The second kappa shape index (κ2) is 4.82. The molecular weight excluding hydrogens is 207 g/mol. The third-order valence-corrected chi connectivity index (χ3v) is 2.20. The van der Waals surface area contributed by atoms with Crippen LogP contribution in [0, 0.1) is 0 Å². The van der Waals surface area contributed by atoms with E-state index in [1.165, 1.54) is 12.1 Å². The first-order valence-corrected chi connectivity index (χ1v) is 4.27. The first-order chi connectivity index (χ1) is 7.15. The summed E-state index contributed by atoms with van der Waals surface area (Å²) < 4.78 is 37.6. The monoisotopic (exact) mass is 217 g/mol. The van der Waals surface area contributed by atoms with Crippen LogP contribution >= 0.6 is 0 Å². The molecular formula is C10H10F3NO. The van der Waals surface area contributed by atoms with Crippen molar-refractivity contribution in [1.82, 2.24) is 0 Å². The van der Waals surface area contributed by atoms with Gasteiger partial charge >= 0.3 is 0 Å². The van der Waals surface area contributed by atoms with Gasteiger partial charge in [0.15, 0.2) is 0 Å². The SMILES string of the molecule is NC(=O)c1ccc(CF)c(CF)c1CF. The van der Waals surface area contributed by atoms with E-state index >= 15 is 0 Å². The van der Waals surface area contributed by atoms with E-state index in [0.29, 0.717) is 0 Å². The van der Waals surface area contributed by atoms with Crippen LogP contribution in [0.2, 0.25) is 0 Å². The maximum absolute atomic E-state index is 12.6. The molecule has 1 amide bonds. The molecule has 0 spiro atoms. The molecule has 82 valence electrons. The van der Waals surface area contributed by atoms with E-state index in [-0.39, 0.29) is 22.3 Å². The Balaban J connectivity index is 3.40. The van der Waals surface area contributed by atoms with Crippen LogP contribution in [0.25, 0.3) is 0 Å². The predicted molar refractivity (Wildman–Crippen MR) is 49.4 cm³/mol. The highest BCUT2D eigenvalue weighted by molar-refractivity contribution is 5.94. The molecule has 0 aromatic heterocycles. The average Bonchev–Trinajstić information content (AvgIpc) is 2.26. The summed E-state index contributed by atoms with van der Waals surface area (Å²) >= 11 is 0. The summed E-state index contributed by atoms with van der Waals surface area (Å²) in [6.45, 7) is -2.95. The zero-order valence-corrected chi connectivity index (χ0v) is 7.90. The molecule has 0 aliphatic carbocycles. The third kappa shape index (κ3) is 2.11. The van der Waals surface area contributed by atoms with Crippen LogP contribution < -0.4 is 5.73 Å². The van der Waals surface area contributed by atoms with Crippen molar-refractivity contribution in [2.45, 2.75) is 20.0 Å². The Bertz CT molecular complexity index is 379. The zero-order valence-electron chi connectivity index (χ0n) is 7.90. The maximum atomic E-state index is 12.6. The van der Waals surface area contributed by atoms with Crippen LogP contribution in [0.3, 0.4) is 0 Å². The van der Waals surface area contributed by atoms with Crippen LogP contribution in [0.15, 0.2) is 12.1 Å². The van der Waals surface area contributed by atoms with Crippen molar-refractivity contribution in [3.8, 4) is 0 Å². The second-order valence-electron chi connectivity index (χ2n) is 2.99. The third-order valence-electron chi connectivity index (χ3n) is 2.20. The fraction of sp³-hybridized carbons (Fsp3) is 0.300. The van der Waals surface area contributed by atoms with Gasteiger partial charge in [0, 0.05) is 11.1 Å². The summed E-state index contributed by atoms with van der Waals surface area (Å²) in [5.74, 6) is -0.845. The number of carbonyl (C=O) groups excluding carboxylic acids is 1. The van der Waals surface area contributed by atoms with Crippen molar-refractivity contribution in [3.05, 3.63) is 34.4 Å². The van der Waals surface area contributed by atoms with E-state index < -0.39 is 25.9 Å². The normalized spacial score (nSPS) is 10.3. The Labute approximate surface area is 84.9 Å². The molecule has 1 aromatic carbocycles. The largest absolute Gasteiger partial charge is 0.366 e. The molecule has 0 unspecified atom stereocenters. The molecule has 0 bridgehead atoms. The number of carbonyl (C=O) groups is 1. The summed E-state index contributed by atoms with van der Waals surface area (Å²) in [4.78, 5) is 10.9. The highest BCUT2D eigenvalue weighted by Crippen LogP contribution is 2.22. The lowest BCUT2D eigenvalue weighted by atomic mass is 9.97. The van der Waals surface area contributed by atoms with Crippen LogP contribution in [0.5, 0.6) is 0 Å². The molecule has 0 saturated carbocycles. The Morgan fingerprint density at radius 3 is 2.07 bits per heavy atom. The Morgan fingerprint density at radius 1 is 1.07 bits per heavy atom. The second-order valence-corrected chi connectivity index (χ2v) is 2.99. The van der Waals surface area contributed by atoms with Crippen molar-refractivity contribution in [2.24, 2.45) is 5.73 Å². The van der Waals surface area contributed by atoms with Crippen molar-refractivity contribution in [3.63, 3.8) is 0 Å². The molecule has 0 heterocycles. The van der Waals surface area contributed by atoms with E-state index in [1.807, 2.05) is 0 Å². The van der Waals surface area contributed by atoms with Crippen molar-refractivity contribution < 1.29 is 18.0 Å². The van der Waals surface area contributed by atoms with E-state index in [9.17, 15) is 18.0 Å². The summed E-state index contributed by atoms with van der Waals surface area (Å²) in [5, 5.41) is 0. The molecule has 5 heteroatoms. The highest BCUT2D eigenvalue weighted by Gasteiger charge is 2.15. The number of hydrogen-bond donors (Lipinski definition) is 1. The number of halogens is 3. The van der Waals surface area contributed by atoms with Crippen LogP contribution in [-0.4, -0.2) is 5.91 Å². The lowest BCUT2D eigenvalue weighted by molar-refractivity contribution is 0.0998. The quantitative estimate of drug-likeness (QED) is 0.825. The molecule has 0 aliphatic rings. The van der Waals surface area contributed by atoms with Gasteiger partial charge in [-0.2, -0.15) is 0 Å². The number of primary amides is 1. The number of amides is 1. The van der Waals surface area contributed by atoms with E-state index in [4.69, 9.17) is 5.73 Å². The van der Waals surface area contributed by atoms with Gasteiger partial charge in [0.1, 0.15) is 20.0 Å². The molecule has 0 radical (unpaired) electrons. The minimum Gasteiger partial charge on any atom is -0.366 e. The number of benzene rings is 1. The Hall–Kier alpha value is -1.52. The van der Waals surface area contributed by atoms with E-state index in [2.05, 4.69) is 0 Å². The molecule has 1 rings (SSSR count). The molecule has 0 aliphatic heterocycles. The smallest absolute Gasteiger partial charge is 0.249 e. The number of rotatable bonds is 4. The van der Waals surface area contributed by atoms with Gasteiger partial charge in [0.05, 0.1) is 0 Å². The molecule has 15 heavy (non-hydrogen) atoms. The van der Waals surface area contributed by atoms with Gasteiger partial charge in [-0.1, -0.05) is 6.07 Å². The van der Waals surface area contributed by atoms with Gasteiger partial charge in [-0.05, 0) is 17.2 Å². The van der Waals surface area contributed by atoms with Crippen LogP contribution in [0.4, 0.5) is 13.2 Å². The van der Waals surface area contributed by atoms with Crippen LogP contribution in [-0.2, 0) is 20.0 Å². The topological polar surface area (TPSA) is 43.1 Å². The number of nitrogens with two attached hydrogens (primary N) is 1. The highest BCUT2D eigenvalue weighted by atomic mass is 19.1. The number of alkyl halides is 3. The summed E-state index contributed by atoms with van der Waals surface area (Å²) in [6, 6.07) is 2.46. The van der Waals surface area contributed by atoms with Gasteiger partial charge in [0.2, 0.25) is 5.91 Å². The Kier molecular flexibility index (Phi) is 3.71. The van der Waals surface area contributed by atoms with Gasteiger partial charge in [0.25, 0.3) is 0 Å². The molecule has 0 atom stereocenters. The summed E-state index contributed by atoms with van der Waals surface area (Å²) in [5.41, 5.74) is 4.67. The first kappa shape index (κ1) is 11.6. The van der Waals surface area contributed by atoms with E-state index in [0.717, 1.165) is 0 Å². The fourth-order valence-electron chi connectivity index (χ4n) is 1.42. The van der Waals surface area contributed by atoms with Gasteiger partial charge in [-0.3, -0.25) is 4.79 Å². The van der Waals surface area contributed by atoms with Gasteiger partial charge in [-0.25, -0.2) is 13.2 Å². The molecule has 2 nitrogen and oxygen atoms in total. The fourth-order valence-corrected chi connectivity index (χ4v) is 1.42. The maximum Gasteiger partial charge on any atom is 0.249 e.